The molecule has 4 N–H and O–H groups in total. The molecule has 0 heterocycles. The van der Waals surface area contributed by atoms with Crippen LogP contribution in [0.5, 0.6) is 0 Å². The lowest BCUT2D eigenvalue weighted by Crippen LogP contribution is -2.44. The molecule has 0 aliphatic heterocycles. The van der Waals surface area contributed by atoms with Gasteiger partial charge in [0.05, 0.1) is 0 Å². The highest BCUT2D eigenvalue weighted by Gasteiger charge is 2.33. The third-order valence-electron chi connectivity index (χ3n) is 3.71. The Bertz CT molecular complexity index is 827. The topological polar surface area (TPSA) is 141 Å². The van der Waals surface area contributed by atoms with Gasteiger partial charge < -0.3 is 20.6 Å². The zero-order chi connectivity index (χ0) is 18.6. The number of nitrogens with one attached hydrogen (secondary N) is 1. The summed E-state index contributed by atoms with van der Waals surface area (Å²) < 4.78 is 0. The van der Waals surface area contributed by atoms with E-state index in [2.05, 4.69) is 5.32 Å². The quantitative estimate of drug-likeness (QED) is 0.552. The standard InChI is InChI=1S/C17H15NO7/c19-14(11-7-3-5-9-4-1-2-6-10(9)11)18-13(17(24)25)8-12(15(20)21)16(22)23/h1-7,12-13H,8H2,(H,18,19)(H,20,21)(H,22,23)(H,24,25). The number of carboxylic acids is 3. The van der Waals surface area contributed by atoms with Gasteiger partial charge in [0.25, 0.3) is 5.91 Å². The highest BCUT2D eigenvalue weighted by atomic mass is 16.4. The zero-order valence-electron chi connectivity index (χ0n) is 12.9. The maximum Gasteiger partial charge on any atom is 0.326 e. The van der Waals surface area contributed by atoms with Crippen molar-refractivity contribution in [3.8, 4) is 0 Å². The van der Waals surface area contributed by atoms with E-state index in [4.69, 9.17) is 10.2 Å². The Kier molecular flexibility index (Phi) is 5.33. The number of rotatable bonds is 7. The van der Waals surface area contributed by atoms with Gasteiger partial charge in [0.1, 0.15) is 6.04 Å². The second-order valence-corrected chi connectivity index (χ2v) is 5.36. The van der Waals surface area contributed by atoms with Crippen LogP contribution in [-0.4, -0.2) is 45.2 Å². The van der Waals surface area contributed by atoms with Gasteiger partial charge in [0.2, 0.25) is 0 Å². The monoisotopic (exact) mass is 345 g/mol. The Morgan fingerprint density at radius 2 is 1.44 bits per heavy atom. The predicted molar refractivity (Wildman–Crippen MR) is 86.2 cm³/mol. The summed E-state index contributed by atoms with van der Waals surface area (Å²) in [4.78, 5) is 45.6. The molecule has 8 heteroatoms. The van der Waals surface area contributed by atoms with Crippen LogP contribution >= 0.6 is 0 Å². The largest absolute Gasteiger partial charge is 0.481 e. The van der Waals surface area contributed by atoms with Crippen LogP contribution in [0, 0.1) is 5.92 Å². The zero-order valence-corrected chi connectivity index (χ0v) is 12.9. The second-order valence-electron chi connectivity index (χ2n) is 5.36. The van der Waals surface area contributed by atoms with Gasteiger partial charge in [-0.1, -0.05) is 36.4 Å². The van der Waals surface area contributed by atoms with Crippen molar-refractivity contribution in [2.45, 2.75) is 12.5 Å². The van der Waals surface area contributed by atoms with E-state index in [1.165, 1.54) is 6.07 Å². The van der Waals surface area contributed by atoms with Crippen LogP contribution in [-0.2, 0) is 14.4 Å². The number of aliphatic carboxylic acids is 3. The Labute approximate surface area is 141 Å². The molecule has 0 radical (unpaired) electrons. The van der Waals surface area contributed by atoms with Crippen molar-refractivity contribution in [2.75, 3.05) is 0 Å². The highest BCUT2D eigenvalue weighted by molar-refractivity contribution is 6.08. The van der Waals surface area contributed by atoms with Crippen LogP contribution in [0.15, 0.2) is 42.5 Å². The molecule has 1 atom stereocenters. The number of amides is 1. The number of hydrogen-bond donors (Lipinski definition) is 4. The van der Waals surface area contributed by atoms with E-state index in [1.807, 2.05) is 0 Å². The minimum Gasteiger partial charge on any atom is -0.481 e. The van der Waals surface area contributed by atoms with Crippen molar-refractivity contribution in [3.63, 3.8) is 0 Å². The van der Waals surface area contributed by atoms with E-state index in [0.717, 1.165) is 5.39 Å². The first-order valence-corrected chi connectivity index (χ1v) is 7.28. The van der Waals surface area contributed by atoms with Crippen LogP contribution in [0.1, 0.15) is 16.8 Å². The Morgan fingerprint density at radius 3 is 2.04 bits per heavy atom. The summed E-state index contributed by atoms with van der Waals surface area (Å²) in [6.45, 7) is 0. The molecule has 25 heavy (non-hydrogen) atoms. The Hall–Kier alpha value is -3.42. The van der Waals surface area contributed by atoms with E-state index in [-0.39, 0.29) is 5.56 Å². The van der Waals surface area contributed by atoms with Gasteiger partial charge in [-0.3, -0.25) is 14.4 Å². The van der Waals surface area contributed by atoms with Crippen molar-refractivity contribution in [3.05, 3.63) is 48.0 Å². The molecule has 1 unspecified atom stereocenters. The van der Waals surface area contributed by atoms with Gasteiger partial charge in [-0.05, 0) is 16.8 Å². The molecule has 0 aromatic heterocycles. The molecule has 130 valence electrons. The van der Waals surface area contributed by atoms with Crippen molar-refractivity contribution in [2.24, 2.45) is 5.92 Å². The fraction of sp³-hybridized carbons (Fsp3) is 0.176. The normalized spacial score (nSPS) is 11.9. The number of hydrogen-bond acceptors (Lipinski definition) is 4. The SMILES string of the molecule is O=C(NC(CC(C(=O)O)C(=O)O)C(=O)O)c1cccc2ccccc12. The molecule has 2 aromatic rings. The molecule has 0 aliphatic rings. The average Bonchev–Trinajstić information content (AvgIpc) is 2.56. The summed E-state index contributed by atoms with van der Waals surface area (Å²) in [5, 5.41) is 30.5. The van der Waals surface area contributed by atoms with Crippen LogP contribution in [0.3, 0.4) is 0 Å². The lowest BCUT2D eigenvalue weighted by molar-refractivity contribution is -0.155. The fourth-order valence-electron chi connectivity index (χ4n) is 2.42. The molecular formula is C17H15NO7. The molecule has 0 spiro atoms. The van der Waals surface area contributed by atoms with Gasteiger partial charge in [-0.15, -0.1) is 0 Å². The molecule has 0 aliphatic carbocycles. The maximum absolute atomic E-state index is 12.4. The van der Waals surface area contributed by atoms with Crippen LogP contribution < -0.4 is 5.32 Å². The van der Waals surface area contributed by atoms with Crippen LogP contribution in [0.4, 0.5) is 0 Å². The number of carbonyl (C=O) groups excluding carboxylic acids is 1. The number of benzene rings is 2. The molecule has 2 rings (SSSR count). The summed E-state index contributed by atoms with van der Waals surface area (Å²) in [7, 11) is 0. The van der Waals surface area contributed by atoms with Crippen molar-refractivity contribution >= 4 is 34.6 Å². The fourth-order valence-corrected chi connectivity index (χ4v) is 2.42. The Balaban J connectivity index is 2.27. The first-order valence-electron chi connectivity index (χ1n) is 7.28. The Morgan fingerprint density at radius 1 is 0.840 bits per heavy atom. The molecule has 2 aromatic carbocycles. The van der Waals surface area contributed by atoms with E-state index in [0.29, 0.717) is 5.39 Å². The lowest BCUT2D eigenvalue weighted by Gasteiger charge is -2.17. The van der Waals surface area contributed by atoms with Gasteiger partial charge in [0.15, 0.2) is 5.92 Å². The van der Waals surface area contributed by atoms with Gasteiger partial charge in [-0.2, -0.15) is 0 Å². The van der Waals surface area contributed by atoms with E-state index in [1.54, 1.807) is 36.4 Å². The smallest absolute Gasteiger partial charge is 0.326 e. The summed E-state index contributed by atoms with van der Waals surface area (Å²) >= 11 is 0. The van der Waals surface area contributed by atoms with Gasteiger partial charge in [0, 0.05) is 12.0 Å². The summed E-state index contributed by atoms with van der Waals surface area (Å²) in [6.07, 6.45) is -0.767. The minimum absolute atomic E-state index is 0.214. The van der Waals surface area contributed by atoms with E-state index < -0.39 is 42.2 Å². The molecule has 0 bridgehead atoms. The minimum atomic E-state index is -1.94. The first-order chi connectivity index (χ1) is 11.8. The molecular weight excluding hydrogens is 330 g/mol. The number of fused-ring (bicyclic) bond motifs is 1. The lowest BCUT2D eigenvalue weighted by atomic mass is 9.99. The van der Waals surface area contributed by atoms with Crippen LogP contribution in [0.2, 0.25) is 0 Å². The summed E-state index contributed by atoms with van der Waals surface area (Å²) in [6, 6.07) is 10.2. The van der Waals surface area contributed by atoms with Crippen molar-refractivity contribution in [1.29, 1.82) is 0 Å². The molecule has 8 nitrogen and oxygen atoms in total. The van der Waals surface area contributed by atoms with E-state index >= 15 is 0 Å². The summed E-state index contributed by atoms with van der Waals surface area (Å²) in [5.41, 5.74) is 0.214. The first kappa shape index (κ1) is 17.9. The average molecular weight is 345 g/mol. The van der Waals surface area contributed by atoms with E-state index in [9.17, 15) is 24.3 Å². The van der Waals surface area contributed by atoms with Crippen molar-refractivity contribution in [1.82, 2.24) is 5.32 Å². The van der Waals surface area contributed by atoms with Crippen molar-refractivity contribution < 1.29 is 34.5 Å². The summed E-state index contributed by atoms with van der Waals surface area (Å²) in [5.74, 6) is -7.51. The maximum atomic E-state index is 12.4. The third-order valence-corrected chi connectivity index (χ3v) is 3.71. The molecule has 0 fully saturated rings. The number of carbonyl (C=O) groups is 4. The van der Waals surface area contributed by atoms with Gasteiger partial charge in [-0.25, -0.2) is 4.79 Å². The predicted octanol–water partition coefficient (Wildman–Crippen LogP) is 1.20. The number of carboxylic acid groups (broad SMARTS) is 3. The van der Waals surface area contributed by atoms with Crippen LogP contribution in [0.25, 0.3) is 10.8 Å². The molecule has 1 amide bonds. The highest BCUT2D eigenvalue weighted by Crippen LogP contribution is 2.19. The molecule has 0 saturated heterocycles. The third kappa shape index (κ3) is 4.11. The molecule has 0 saturated carbocycles. The van der Waals surface area contributed by atoms with Gasteiger partial charge >= 0.3 is 17.9 Å². The second kappa shape index (κ2) is 7.43.